The molecular weight excluding hydrogens is 439 g/mol. The Hall–Kier alpha value is -2.07. The summed E-state index contributed by atoms with van der Waals surface area (Å²) in [6.45, 7) is 4.53. The van der Waals surface area contributed by atoms with Crippen LogP contribution in [0.25, 0.3) is 11.1 Å². The fourth-order valence-electron chi connectivity index (χ4n) is 5.05. The lowest BCUT2D eigenvalue weighted by atomic mass is 9.73. The van der Waals surface area contributed by atoms with Gasteiger partial charge >= 0.3 is 5.97 Å². The van der Waals surface area contributed by atoms with E-state index in [2.05, 4.69) is 24.3 Å². The standard InChI is InChI=1S/C28H36ClFO3/c1-3-20(19-28(30,27(31)32)24-8-6-5-7-9-24)10-11-21-12-14-22(15-13-21)23-16-17-26(33-4-2)25(29)18-23/h12-18,20,24H,3-11,19H2,1-2H3,(H,31,32)/t20?,28-/m0/s1. The van der Waals surface area contributed by atoms with Crippen LogP contribution < -0.4 is 4.74 Å². The van der Waals surface area contributed by atoms with E-state index in [1.54, 1.807) is 0 Å². The first-order valence-corrected chi connectivity index (χ1v) is 12.7. The van der Waals surface area contributed by atoms with Gasteiger partial charge in [-0.2, -0.15) is 0 Å². The van der Waals surface area contributed by atoms with Crippen molar-refractivity contribution in [3.63, 3.8) is 0 Å². The molecule has 1 saturated carbocycles. The second-order valence-corrected chi connectivity index (χ2v) is 9.70. The first-order valence-electron chi connectivity index (χ1n) is 12.3. The number of carbonyl (C=O) groups is 1. The number of aliphatic carboxylic acids is 1. The largest absolute Gasteiger partial charge is 0.492 e. The van der Waals surface area contributed by atoms with Crippen LogP contribution in [0.2, 0.25) is 5.02 Å². The van der Waals surface area contributed by atoms with Crippen molar-refractivity contribution in [1.29, 1.82) is 0 Å². The minimum Gasteiger partial charge on any atom is -0.492 e. The number of benzene rings is 2. The van der Waals surface area contributed by atoms with Gasteiger partial charge in [0.15, 0.2) is 0 Å². The van der Waals surface area contributed by atoms with Crippen LogP contribution in [-0.4, -0.2) is 23.4 Å². The lowest BCUT2D eigenvalue weighted by molar-refractivity contribution is -0.158. The average Bonchev–Trinajstić information content (AvgIpc) is 2.83. The summed E-state index contributed by atoms with van der Waals surface area (Å²) in [5, 5.41) is 10.3. The van der Waals surface area contributed by atoms with Gasteiger partial charge in [0.1, 0.15) is 5.75 Å². The van der Waals surface area contributed by atoms with E-state index >= 15 is 4.39 Å². The summed E-state index contributed by atoms with van der Waals surface area (Å²) in [7, 11) is 0. The van der Waals surface area contributed by atoms with E-state index in [0.717, 1.165) is 49.7 Å². The number of halogens is 2. The first-order chi connectivity index (χ1) is 15.9. The van der Waals surface area contributed by atoms with Crippen LogP contribution in [0.15, 0.2) is 42.5 Å². The molecule has 1 unspecified atom stereocenters. The van der Waals surface area contributed by atoms with Crippen LogP contribution in [0, 0.1) is 11.8 Å². The number of ether oxygens (including phenoxy) is 1. The van der Waals surface area contributed by atoms with Gasteiger partial charge in [-0.25, -0.2) is 9.18 Å². The normalized spacial score (nSPS) is 17.3. The number of alkyl halides is 1. The quantitative estimate of drug-likeness (QED) is 0.357. The Morgan fingerprint density at radius 1 is 1.12 bits per heavy atom. The zero-order valence-corrected chi connectivity index (χ0v) is 20.5. The number of carboxylic acid groups (broad SMARTS) is 1. The molecule has 1 aliphatic rings. The molecule has 2 aromatic rings. The minimum absolute atomic E-state index is 0.0534. The van der Waals surface area contributed by atoms with Gasteiger partial charge in [-0.15, -0.1) is 0 Å². The lowest BCUT2D eigenvalue weighted by Crippen LogP contribution is -2.44. The second-order valence-electron chi connectivity index (χ2n) is 9.29. The molecule has 0 bridgehead atoms. The van der Waals surface area contributed by atoms with Crippen LogP contribution in [-0.2, 0) is 11.2 Å². The van der Waals surface area contributed by atoms with Crippen LogP contribution in [0.5, 0.6) is 5.75 Å². The molecule has 1 aliphatic carbocycles. The lowest BCUT2D eigenvalue weighted by Gasteiger charge is -2.35. The maximum Gasteiger partial charge on any atom is 0.341 e. The van der Waals surface area contributed by atoms with Crippen molar-refractivity contribution in [2.45, 2.75) is 77.3 Å². The zero-order chi connectivity index (χ0) is 23.8. The van der Waals surface area contributed by atoms with Gasteiger partial charge in [-0.3, -0.25) is 0 Å². The maximum atomic E-state index is 15.7. The molecule has 1 fully saturated rings. The molecule has 3 nitrogen and oxygen atoms in total. The third kappa shape index (κ3) is 6.50. The SMILES string of the molecule is CCOc1ccc(-c2ccc(CCC(CC)C[C@@](F)(C(=O)O)C3CCCCC3)cc2)cc1Cl. The molecular formula is C28H36ClFO3. The Morgan fingerprint density at radius 3 is 2.36 bits per heavy atom. The molecule has 180 valence electrons. The molecule has 3 rings (SSSR count). The van der Waals surface area contributed by atoms with E-state index in [1.165, 1.54) is 5.56 Å². The molecule has 0 spiro atoms. The Kier molecular flexibility index (Phi) is 9.19. The van der Waals surface area contributed by atoms with Gasteiger partial charge < -0.3 is 9.84 Å². The Morgan fingerprint density at radius 2 is 1.79 bits per heavy atom. The van der Waals surface area contributed by atoms with E-state index in [4.69, 9.17) is 16.3 Å². The van der Waals surface area contributed by atoms with Crippen molar-refractivity contribution < 1.29 is 19.0 Å². The van der Waals surface area contributed by atoms with Gasteiger partial charge in [-0.1, -0.05) is 74.5 Å². The van der Waals surface area contributed by atoms with Crippen molar-refractivity contribution in [2.24, 2.45) is 11.8 Å². The topological polar surface area (TPSA) is 46.5 Å². The summed E-state index contributed by atoms with van der Waals surface area (Å²) in [5.41, 5.74) is 1.17. The molecule has 0 amide bonds. The first kappa shape index (κ1) is 25.6. The predicted molar refractivity (Wildman–Crippen MR) is 133 cm³/mol. The smallest absolute Gasteiger partial charge is 0.341 e. The summed E-state index contributed by atoms with van der Waals surface area (Å²) in [5.74, 6) is -0.884. The van der Waals surface area contributed by atoms with E-state index in [9.17, 15) is 9.90 Å². The number of rotatable bonds is 11. The predicted octanol–water partition coefficient (Wildman–Crippen LogP) is 8.13. The van der Waals surface area contributed by atoms with Gasteiger partial charge in [0, 0.05) is 5.92 Å². The highest BCUT2D eigenvalue weighted by Gasteiger charge is 2.47. The van der Waals surface area contributed by atoms with Crippen LogP contribution >= 0.6 is 11.6 Å². The molecule has 5 heteroatoms. The Balaban J connectivity index is 1.62. The maximum absolute atomic E-state index is 15.7. The van der Waals surface area contributed by atoms with Crippen LogP contribution in [0.1, 0.15) is 70.8 Å². The van der Waals surface area contributed by atoms with Crippen molar-refractivity contribution in [3.05, 3.63) is 53.1 Å². The second kappa shape index (κ2) is 11.9. The van der Waals surface area contributed by atoms with Crippen molar-refractivity contribution in [1.82, 2.24) is 0 Å². The Bertz CT molecular complexity index is 908. The van der Waals surface area contributed by atoms with E-state index in [0.29, 0.717) is 30.2 Å². The van der Waals surface area contributed by atoms with Crippen LogP contribution in [0.4, 0.5) is 4.39 Å². The van der Waals surface area contributed by atoms with E-state index < -0.39 is 11.6 Å². The summed E-state index contributed by atoms with van der Waals surface area (Å²) in [4.78, 5) is 11.9. The fraction of sp³-hybridized carbons (Fsp3) is 0.536. The van der Waals surface area contributed by atoms with E-state index in [1.807, 2.05) is 32.0 Å². The van der Waals surface area contributed by atoms with Crippen molar-refractivity contribution in [2.75, 3.05) is 6.61 Å². The highest BCUT2D eigenvalue weighted by atomic mass is 35.5. The average molecular weight is 475 g/mol. The van der Waals surface area contributed by atoms with Gasteiger partial charge in [-0.05, 0) is 73.8 Å². The highest BCUT2D eigenvalue weighted by Crippen LogP contribution is 2.41. The molecule has 0 heterocycles. The highest BCUT2D eigenvalue weighted by molar-refractivity contribution is 6.32. The molecule has 0 radical (unpaired) electrons. The molecule has 33 heavy (non-hydrogen) atoms. The molecule has 2 aromatic carbocycles. The third-order valence-corrected chi connectivity index (χ3v) is 7.43. The fourth-order valence-corrected chi connectivity index (χ4v) is 5.28. The minimum atomic E-state index is -2.10. The van der Waals surface area contributed by atoms with Gasteiger partial charge in [0.2, 0.25) is 5.67 Å². The zero-order valence-electron chi connectivity index (χ0n) is 19.8. The Labute approximate surface area is 202 Å². The summed E-state index contributed by atoms with van der Waals surface area (Å²) >= 11 is 6.32. The van der Waals surface area contributed by atoms with Gasteiger partial charge in [0.05, 0.1) is 11.6 Å². The number of carboxylic acids is 1. The summed E-state index contributed by atoms with van der Waals surface area (Å²) < 4.78 is 21.2. The van der Waals surface area contributed by atoms with Gasteiger partial charge in [0.25, 0.3) is 0 Å². The van der Waals surface area contributed by atoms with Crippen LogP contribution in [0.3, 0.4) is 0 Å². The molecule has 2 atom stereocenters. The number of hydrogen-bond donors (Lipinski definition) is 1. The molecule has 0 aliphatic heterocycles. The van der Waals surface area contributed by atoms with Crippen molar-refractivity contribution in [3.8, 4) is 16.9 Å². The monoisotopic (exact) mass is 474 g/mol. The summed E-state index contributed by atoms with van der Waals surface area (Å²) in [6, 6.07) is 14.1. The molecule has 1 N–H and O–H groups in total. The van der Waals surface area contributed by atoms with E-state index in [-0.39, 0.29) is 18.3 Å². The number of aryl methyl sites for hydroxylation is 1. The summed E-state index contributed by atoms with van der Waals surface area (Å²) in [6.07, 6.45) is 6.84. The molecule has 0 saturated heterocycles. The molecule has 0 aromatic heterocycles. The van der Waals surface area contributed by atoms with Crippen molar-refractivity contribution >= 4 is 17.6 Å². The third-order valence-electron chi connectivity index (χ3n) is 7.13. The number of hydrogen-bond acceptors (Lipinski definition) is 2.